The average molecular weight is 268 g/mol. The van der Waals surface area contributed by atoms with E-state index in [-0.39, 0.29) is 0 Å². The largest absolute Gasteiger partial charge is 0.488 e. The molecule has 2 aromatic rings. The molecular weight excluding hydrogens is 258 g/mol. The van der Waals surface area contributed by atoms with Gasteiger partial charge in [-0.2, -0.15) is 0 Å². The van der Waals surface area contributed by atoms with Crippen LogP contribution in [0.3, 0.4) is 0 Å². The van der Waals surface area contributed by atoms with Gasteiger partial charge in [0.15, 0.2) is 0 Å². The molecule has 0 saturated heterocycles. The number of hydrogen-bond donors (Lipinski definition) is 0. The molecule has 0 N–H and O–H groups in total. The van der Waals surface area contributed by atoms with E-state index >= 15 is 0 Å². The molecular formula is C11H10BrNO2. The zero-order chi connectivity index (χ0) is 10.7. The number of nitrogens with zero attached hydrogens (tertiary/aromatic N) is 1. The highest BCUT2D eigenvalue weighted by Gasteiger charge is 2.01. The minimum atomic E-state index is 0.478. The molecule has 0 aliphatic carbocycles. The number of halogens is 1. The highest BCUT2D eigenvalue weighted by atomic mass is 79.9. The summed E-state index contributed by atoms with van der Waals surface area (Å²) in [6.45, 7) is 2.49. The highest BCUT2D eigenvalue weighted by Crippen LogP contribution is 2.22. The summed E-state index contributed by atoms with van der Waals surface area (Å²) in [5, 5.41) is 3.61. The second-order valence-corrected chi connectivity index (χ2v) is 4.15. The molecule has 0 radical (unpaired) electrons. The zero-order valence-corrected chi connectivity index (χ0v) is 9.82. The molecule has 0 aliphatic heterocycles. The Balaban J connectivity index is 2.05. The molecule has 0 spiro atoms. The molecule has 4 heteroatoms. The zero-order valence-electron chi connectivity index (χ0n) is 8.24. The smallest absolute Gasteiger partial charge is 0.130 e. The lowest BCUT2D eigenvalue weighted by Gasteiger charge is -2.07. The molecule has 0 unspecified atom stereocenters. The molecule has 15 heavy (non-hydrogen) atoms. The van der Waals surface area contributed by atoms with Gasteiger partial charge in [0, 0.05) is 10.0 Å². The molecule has 0 aliphatic rings. The Labute approximate surface area is 96.2 Å². The summed E-state index contributed by atoms with van der Waals surface area (Å²) in [5.74, 6) is 0.874. The van der Waals surface area contributed by atoms with Crippen LogP contribution in [0.25, 0.3) is 0 Å². The third-order valence-electron chi connectivity index (χ3n) is 2.01. The van der Waals surface area contributed by atoms with E-state index in [1.807, 2.05) is 25.1 Å². The van der Waals surface area contributed by atoms with Crippen molar-refractivity contribution in [2.75, 3.05) is 0 Å². The predicted octanol–water partition coefficient (Wildman–Crippen LogP) is 3.32. The first-order valence-electron chi connectivity index (χ1n) is 4.53. The molecule has 78 valence electrons. The summed E-state index contributed by atoms with van der Waals surface area (Å²) < 4.78 is 11.4. The lowest BCUT2D eigenvalue weighted by molar-refractivity contribution is 0.302. The van der Waals surface area contributed by atoms with Gasteiger partial charge in [0.05, 0.1) is 6.20 Å². The summed E-state index contributed by atoms with van der Waals surface area (Å²) in [5.41, 5.74) is 2.03. The molecule has 0 atom stereocenters. The first-order valence-corrected chi connectivity index (χ1v) is 5.32. The molecule has 0 bridgehead atoms. The van der Waals surface area contributed by atoms with E-state index in [0.717, 1.165) is 21.3 Å². The minimum absolute atomic E-state index is 0.478. The Morgan fingerprint density at radius 2 is 2.33 bits per heavy atom. The standard InChI is InChI=1S/C11H10BrNO2/c1-8-4-10(12)2-3-11(8)14-6-9-5-13-15-7-9/h2-5,7H,6H2,1H3. The van der Waals surface area contributed by atoms with Crippen molar-refractivity contribution in [1.82, 2.24) is 5.16 Å². The Hall–Kier alpha value is -1.29. The Kier molecular flexibility index (Phi) is 3.06. The minimum Gasteiger partial charge on any atom is -0.488 e. The van der Waals surface area contributed by atoms with Crippen LogP contribution in [0, 0.1) is 6.92 Å². The molecule has 0 amide bonds. The van der Waals surface area contributed by atoms with Crippen molar-refractivity contribution in [1.29, 1.82) is 0 Å². The van der Waals surface area contributed by atoms with Crippen molar-refractivity contribution < 1.29 is 9.26 Å². The number of benzene rings is 1. The van der Waals surface area contributed by atoms with E-state index in [1.54, 1.807) is 12.5 Å². The second-order valence-electron chi connectivity index (χ2n) is 3.23. The van der Waals surface area contributed by atoms with Crippen molar-refractivity contribution in [3.63, 3.8) is 0 Å². The van der Waals surface area contributed by atoms with Crippen molar-refractivity contribution in [2.45, 2.75) is 13.5 Å². The predicted molar refractivity (Wildman–Crippen MR) is 59.7 cm³/mol. The van der Waals surface area contributed by atoms with E-state index in [2.05, 4.69) is 21.1 Å². The van der Waals surface area contributed by atoms with Gasteiger partial charge in [-0.15, -0.1) is 0 Å². The fourth-order valence-corrected chi connectivity index (χ4v) is 1.71. The van der Waals surface area contributed by atoms with Crippen LogP contribution < -0.4 is 4.74 Å². The number of ether oxygens (including phenoxy) is 1. The van der Waals surface area contributed by atoms with Crippen LogP contribution in [0.2, 0.25) is 0 Å². The Morgan fingerprint density at radius 1 is 1.47 bits per heavy atom. The third-order valence-corrected chi connectivity index (χ3v) is 2.51. The monoisotopic (exact) mass is 267 g/mol. The number of aryl methyl sites for hydroxylation is 1. The first-order chi connectivity index (χ1) is 7.25. The summed E-state index contributed by atoms with van der Waals surface area (Å²) in [6.07, 6.45) is 3.22. The molecule has 1 aromatic carbocycles. The lowest BCUT2D eigenvalue weighted by atomic mass is 10.2. The van der Waals surface area contributed by atoms with Crippen molar-refractivity contribution >= 4 is 15.9 Å². The summed E-state index contributed by atoms with van der Waals surface area (Å²) in [4.78, 5) is 0. The van der Waals surface area contributed by atoms with E-state index in [4.69, 9.17) is 9.26 Å². The van der Waals surface area contributed by atoms with Gasteiger partial charge in [-0.05, 0) is 30.7 Å². The van der Waals surface area contributed by atoms with Gasteiger partial charge in [0.2, 0.25) is 0 Å². The Bertz CT molecular complexity index is 440. The summed E-state index contributed by atoms with van der Waals surface area (Å²) >= 11 is 3.41. The van der Waals surface area contributed by atoms with Crippen LogP contribution in [-0.4, -0.2) is 5.16 Å². The van der Waals surface area contributed by atoms with Gasteiger partial charge in [-0.1, -0.05) is 21.1 Å². The number of rotatable bonds is 3. The van der Waals surface area contributed by atoms with Crippen LogP contribution in [0.1, 0.15) is 11.1 Å². The van der Waals surface area contributed by atoms with Crippen molar-refractivity contribution in [2.24, 2.45) is 0 Å². The van der Waals surface area contributed by atoms with Gasteiger partial charge in [-0.3, -0.25) is 0 Å². The maximum absolute atomic E-state index is 5.62. The highest BCUT2D eigenvalue weighted by molar-refractivity contribution is 9.10. The molecule has 0 saturated carbocycles. The van der Waals surface area contributed by atoms with Crippen LogP contribution in [0.5, 0.6) is 5.75 Å². The first kappa shape index (κ1) is 10.2. The van der Waals surface area contributed by atoms with E-state index in [9.17, 15) is 0 Å². The summed E-state index contributed by atoms with van der Waals surface area (Å²) in [6, 6.07) is 5.91. The van der Waals surface area contributed by atoms with Gasteiger partial charge >= 0.3 is 0 Å². The maximum Gasteiger partial charge on any atom is 0.130 e. The molecule has 3 nitrogen and oxygen atoms in total. The number of aromatic nitrogens is 1. The van der Waals surface area contributed by atoms with Gasteiger partial charge in [0.1, 0.15) is 18.6 Å². The number of hydrogen-bond acceptors (Lipinski definition) is 3. The summed E-state index contributed by atoms with van der Waals surface area (Å²) in [7, 11) is 0. The van der Waals surface area contributed by atoms with Crippen LogP contribution in [0.4, 0.5) is 0 Å². The van der Waals surface area contributed by atoms with Gasteiger partial charge < -0.3 is 9.26 Å². The van der Waals surface area contributed by atoms with Crippen LogP contribution >= 0.6 is 15.9 Å². The average Bonchev–Trinajstić information content (AvgIpc) is 2.69. The molecule has 1 heterocycles. The van der Waals surface area contributed by atoms with Gasteiger partial charge in [-0.25, -0.2) is 0 Å². The topological polar surface area (TPSA) is 35.3 Å². The SMILES string of the molecule is Cc1cc(Br)ccc1OCc1cnoc1. The second kappa shape index (κ2) is 4.49. The molecule has 2 rings (SSSR count). The van der Waals surface area contributed by atoms with E-state index in [0.29, 0.717) is 6.61 Å². The third kappa shape index (κ3) is 2.59. The van der Waals surface area contributed by atoms with E-state index in [1.165, 1.54) is 0 Å². The lowest BCUT2D eigenvalue weighted by Crippen LogP contribution is -1.95. The fraction of sp³-hybridized carbons (Fsp3) is 0.182. The molecule has 1 aromatic heterocycles. The van der Waals surface area contributed by atoms with Crippen LogP contribution in [0.15, 0.2) is 39.7 Å². The maximum atomic E-state index is 5.62. The fourth-order valence-electron chi connectivity index (χ4n) is 1.23. The van der Waals surface area contributed by atoms with E-state index < -0.39 is 0 Å². The van der Waals surface area contributed by atoms with Gasteiger partial charge in [0.25, 0.3) is 0 Å². The normalized spacial score (nSPS) is 10.3. The Morgan fingerprint density at radius 3 is 3.00 bits per heavy atom. The van der Waals surface area contributed by atoms with Crippen molar-refractivity contribution in [3.8, 4) is 5.75 Å². The quantitative estimate of drug-likeness (QED) is 0.856. The van der Waals surface area contributed by atoms with Crippen molar-refractivity contribution in [3.05, 3.63) is 46.3 Å². The molecule has 0 fully saturated rings. The van der Waals surface area contributed by atoms with Crippen LogP contribution in [-0.2, 0) is 6.61 Å².